The van der Waals surface area contributed by atoms with Crippen LogP contribution in [0.5, 0.6) is 0 Å². The van der Waals surface area contributed by atoms with Crippen LogP contribution in [0.3, 0.4) is 0 Å². The van der Waals surface area contributed by atoms with Gasteiger partial charge in [0.25, 0.3) is 0 Å². The number of carbonyl (C=O) groups excluding carboxylic acids is 1. The molecule has 2 aliphatic rings. The van der Waals surface area contributed by atoms with Crippen LogP contribution in [0.2, 0.25) is 0 Å². The molecule has 2 fully saturated rings. The van der Waals surface area contributed by atoms with Crippen LogP contribution in [-0.4, -0.2) is 38.3 Å². The Morgan fingerprint density at radius 1 is 1.33 bits per heavy atom. The topological polar surface area (TPSA) is 41.6 Å². The molecule has 1 amide bonds. The Hall–Kier alpha value is -1.55. The van der Waals surface area contributed by atoms with Gasteiger partial charge in [-0.05, 0) is 44.2 Å². The second kappa shape index (κ2) is 6.48. The van der Waals surface area contributed by atoms with Crippen molar-refractivity contribution in [3.05, 3.63) is 29.8 Å². The Labute approximate surface area is 126 Å². The Balaban J connectivity index is 1.46. The van der Waals surface area contributed by atoms with Gasteiger partial charge in [-0.3, -0.25) is 4.79 Å². The van der Waals surface area contributed by atoms with E-state index in [-0.39, 0.29) is 12.0 Å². The Kier molecular flexibility index (Phi) is 4.44. The van der Waals surface area contributed by atoms with E-state index in [0.29, 0.717) is 5.92 Å². The van der Waals surface area contributed by atoms with Gasteiger partial charge in [0.1, 0.15) is 6.10 Å². The molecule has 21 heavy (non-hydrogen) atoms. The van der Waals surface area contributed by atoms with Crippen molar-refractivity contribution in [1.82, 2.24) is 5.32 Å². The van der Waals surface area contributed by atoms with Crippen molar-refractivity contribution in [2.75, 3.05) is 31.1 Å². The third-order valence-corrected chi connectivity index (χ3v) is 4.47. The first-order valence-electron chi connectivity index (χ1n) is 7.93. The Morgan fingerprint density at radius 3 is 2.86 bits per heavy atom. The van der Waals surface area contributed by atoms with Crippen LogP contribution in [0.4, 0.5) is 5.69 Å². The summed E-state index contributed by atoms with van der Waals surface area (Å²) in [5.41, 5.74) is 2.58. The molecule has 2 aliphatic heterocycles. The highest BCUT2D eigenvalue weighted by atomic mass is 16.5. The number of nitrogens with one attached hydrogen (secondary N) is 1. The highest BCUT2D eigenvalue weighted by Crippen LogP contribution is 2.23. The van der Waals surface area contributed by atoms with E-state index >= 15 is 0 Å². The number of aryl methyl sites for hydroxylation is 1. The molecule has 2 saturated heterocycles. The van der Waals surface area contributed by atoms with Crippen molar-refractivity contribution in [1.29, 1.82) is 0 Å². The summed E-state index contributed by atoms with van der Waals surface area (Å²) in [6, 6.07) is 8.68. The Morgan fingerprint density at radius 2 is 2.14 bits per heavy atom. The molecule has 0 spiro atoms. The van der Waals surface area contributed by atoms with Crippen LogP contribution >= 0.6 is 0 Å². The van der Waals surface area contributed by atoms with Gasteiger partial charge in [0, 0.05) is 31.9 Å². The first-order chi connectivity index (χ1) is 10.2. The van der Waals surface area contributed by atoms with E-state index < -0.39 is 0 Å². The number of carbonyl (C=O) groups is 1. The maximum atomic E-state index is 11.9. The van der Waals surface area contributed by atoms with Crippen molar-refractivity contribution in [3.8, 4) is 0 Å². The third kappa shape index (κ3) is 3.56. The van der Waals surface area contributed by atoms with Gasteiger partial charge >= 0.3 is 0 Å². The fourth-order valence-electron chi connectivity index (χ4n) is 3.13. The molecule has 0 aliphatic carbocycles. The fraction of sp³-hybridized carbons (Fsp3) is 0.588. The lowest BCUT2D eigenvalue weighted by molar-refractivity contribution is -0.130. The molecule has 0 bridgehead atoms. The summed E-state index contributed by atoms with van der Waals surface area (Å²) in [4.78, 5) is 14.3. The molecular weight excluding hydrogens is 264 g/mol. The molecule has 0 aromatic heterocycles. The molecule has 2 heterocycles. The number of anilines is 1. The monoisotopic (exact) mass is 288 g/mol. The number of amides is 1. The van der Waals surface area contributed by atoms with E-state index in [9.17, 15) is 4.79 Å². The minimum atomic E-state index is -0.209. The summed E-state index contributed by atoms with van der Waals surface area (Å²) < 4.78 is 5.41. The lowest BCUT2D eigenvalue weighted by Gasteiger charge is -2.19. The molecule has 2 atom stereocenters. The first kappa shape index (κ1) is 14.4. The molecule has 0 saturated carbocycles. The summed E-state index contributed by atoms with van der Waals surface area (Å²) in [5, 5.41) is 3.06. The minimum absolute atomic E-state index is 0.0706. The van der Waals surface area contributed by atoms with Gasteiger partial charge < -0.3 is 15.0 Å². The van der Waals surface area contributed by atoms with Crippen LogP contribution in [0.25, 0.3) is 0 Å². The number of nitrogens with zero attached hydrogens (tertiary/aromatic N) is 1. The summed E-state index contributed by atoms with van der Waals surface area (Å²) >= 11 is 0. The van der Waals surface area contributed by atoms with Crippen molar-refractivity contribution < 1.29 is 9.53 Å². The molecule has 2 unspecified atom stereocenters. The van der Waals surface area contributed by atoms with Gasteiger partial charge in [0.2, 0.25) is 5.91 Å². The quantitative estimate of drug-likeness (QED) is 0.922. The van der Waals surface area contributed by atoms with Gasteiger partial charge in [-0.15, -0.1) is 0 Å². The molecule has 0 radical (unpaired) electrons. The largest absolute Gasteiger partial charge is 0.371 e. The lowest BCUT2D eigenvalue weighted by atomic mass is 10.1. The van der Waals surface area contributed by atoms with Gasteiger partial charge in [0.15, 0.2) is 0 Å². The van der Waals surface area contributed by atoms with E-state index in [0.717, 1.165) is 45.5 Å². The molecule has 4 nitrogen and oxygen atoms in total. The normalized spacial score (nSPS) is 25.3. The molecule has 1 aromatic carbocycles. The van der Waals surface area contributed by atoms with Gasteiger partial charge in [0.05, 0.1) is 0 Å². The molecule has 114 valence electrons. The summed E-state index contributed by atoms with van der Waals surface area (Å²) in [7, 11) is 0. The number of benzene rings is 1. The number of hydrogen-bond acceptors (Lipinski definition) is 3. The second-order valence-corrected chi connectivity index (χ2v) is 6.18. The van der Waals surface area contributed by atoms with Gasteiger partial charge in [-0.1, -0.05) is 17.7 Å². The third-order valence-electron chi connectivity index (χ3n) is 4.47. The summed E-state index contributed by atoms with van der Waals surface area (Å²) in [6.45, 7) is 5.69. The van der Waals surface area contributed by atoms with E-state index in [1.165, 1.54) is 11.3 Å². The van der Waals surface area contributed by atoms with Crippen molar-refractivity contribution in [3.63, 3.8) is 0 Å². The van der Waals surface area contributed by atoms with E-state index in [2.05, 4.69) is 41.4 Å². The second-order valence-electron chi connectivity index (χ2n) is 6.18. The molecule has 3 rings (SSSR count). The van der Waals surface area contributed by atoms with E-state index in [4.69, 9.17) is 4.74 Å². The molecular formula is C17H24N2O2. The van der Waals surface area contributed by atoms with Crippen molar-refractivity contribution in [2.24, 2.45) is 5.92 Å². The molecule has 4 heteroatoms. The molecule has 1 N–H and O–H groups in total. The van der Waals surface area contributed by atoms with Crippen LogP contribution in [0, 0.1) is 12.8 Å². The van der Waals surface area contributed by atoms with Crippen LogP contribution in [0.1, 0.15) is 24.8 Å². The SMILES string of the molecule is Cc1ccc(N2CCC(CNC(=O)C3CCCO3)C2)cc1. The summed E-state index contributed by atoms with van der Waals surface area (Å²) in [5.74, 6) is 0.609. The zero-order chi connectivity index (χ0) is 14.7. The predicted octanol–water partition coefficient (Wildman–Crippen LogP) is 2.12. The number of ether oxygens (including phenoxy) is 1. The average Bonchev–Trinajstić information content (AvgIpc) is 3.17. The van der Waals surface area contributed by atoms with E-state index in [1.807, 2.05) is 0 Å². The zero-order valence-electron chi connectivity index (χ0n) is 12.7. The van der Waals surface area contributed by atoms with Crippen LogP contribution in [-0.2, 0) is 9.53 Å². The number of rotatable bonds is 4. The highest BCUT2D eigenvalue weighted by Gasteiger charge is 2.26. The van der Waals surface area contributed by atoms with Crippen molar-refractivity contribution in [2.45, 2.75) is 32.3 Å². The average molecular weight is 288 g/mol. The van der Waals surface area contributed by atoms with Crippen LogP contribution in [0.15, 0.2) is 24.3 Å². The zero-order valence-corrected chi connectivity index (χ0v) is 12.7. The fourth-order valence-corrected chi connectivity index (χ4v) is 3.13. The maximum Gasteiger partial charge on any atom is 0.249 e. The highest BCUT2D eigenvalue weighted by molar-refractivity contribution is 5.80. The smallest absolute Gasteiger partial charge is 0.249 e. The minimum Gasteiger partial charge on any atom is -0.371 e. The maximum absolute atomic E-state index is 11.9. The summed E-state index contributed by atoms with van der Waals surface area (Å²) in [6.07, 6.45) is 2.80. The lowest BCUT2D eigenvalue weighted by Crippen LogP contribution is -2.37. The van der Waals surface area contributed by atoms with E-state index in [1.54, 1.807) is 0 Å². The standard InChI is InChI=1S/C17H24N2O2/c1-13-4-6-15(7-5-13)19-9-8-14(12-19)11-18-17(20)16-3-2-10-21-16/h4-7,14,16H,2-3,8-12H2,1H3,(H,18,20). The number of hydrogen-bond donors (Lipinski definition) is 1. The predicted molar refractivity (Wildman–Crippen MR) is 83.5 cm³/mol. The van der Waals surface area contributed by atoms with Gasteiger partial charge in [-0.25, -0.2) is 0 Å². The van der Waals surface area contributed by atoms with Crippen molar-refractivity contribution >= 4 is 11.6 Å². The van der Waals surface area contributed by atoms with Gasteiger partial charge in [-0.2, -0.15) is 0 Å². The Bertz CT molecular complexity index is 480. The molecule has 1 aromatic rings. The first-order valence-corrected chi connectivity index (χ1v) is 7.93. The van der Waals surface area contributed by atoms with Crippen LogP contribution < -0.4 is 10.2 Å².